The van der Waals surface area contributed by atoms with E-state index < -0.39 is 29.7 Å². The first-order valence-corrected chi connectivity index (χ1v) is 11.1. The number of hydrogen-bond donors (Lipinski definition) is 2. The van der Waals surface area contributed by atoms with Gasteiger partial charge >= 0.3 is 6.18 Å². The summed E-state index contributed by atoms with van der Waals surface area (Å²) in [7, 11) is 0. The van der Waals surface area contributed by atoms with Crippen LogP contribution in [0.15, 0.2) is 91.0 Å². The van der Waals surface area contributed by atoms with Crippen molar-refractivity contribution in [1.29, 1.82) is 0 Å². The number of amides is 1. The van der Waals surface area contributed by atoms with E-state index in [1.54, 1.807) is 0 Å². The first-order chi connectivity index (χ1) is 16.7. The summed E-state index contributed by atoms with van der Waals surface area (Å²) in [4.78, 5) is 13.0. The second-order valence-electron chi connectivity index (χ2n) is 8.38. The van der Waals surface area contributed by atoms with Crippen LogP contribution in [0.5, 0.6) is 0 Å². The van der Waals surface area contributed by atoms with Gasteiger partial charge < -0.3 is 10.4 Å². The zero-order chi connectivity index (χ0) is 25.0. The van der Waals surface area contributed by atoms with E-state index >= 15 is 0 Å². The fraction of sp³-hybridized carbons (Fsp3) is 0.179. The molecule has 0 saturated carbocycles. The fourth-order valence-electron chi connectivity index (χ4n) is 4.10. The summed E-state index contributed by atoms with van der Waals surface area (Å²) in [6.45, 7) is 0. The Hall–Kier alpha value is -3.71. The number of carbonyl (C=O) groups excluding carboxylic acids is 1. The predicted molar refractivity (Wildman–Crippen MR) is 126 cm³/mol. The molecule has 1 amide bonds. The van der Waals surface area contributed by atoms with Gasteiger partial charge in [-0.1, -0.05) is 66.7 Å². The number of fused-ring (bicyclic) bond motifs is 1. The predicted octanol–water partition coefficient (Wildman–Crippen LogP) is 6.00. The van der Waals surface area contributed by atoms with Crippen LogP contribution < -0.4 is 5.32 Å². The lowest BCUT2D eigenvalue weighted by molar-refractivity contribution is -0.137. The molecule has 0 aliphatic carbocycles. The quantitative estimate of drug-likeness (QED) is 0.318. The Labute approximate surface area is 200 Å². The standard InChI is InChI=1S/C28H23F4NO2/c29-23-14-10-20(11-15-23)27(35)25(16-18-8-12-22(13-9-18)28(30,31)32)33-26(34)17-21-6-3-5-19-4-1-2-7-24(19)21/h1-15,25,27,35H,16-17H2,(H,33,34). The number of benzene rings is 4. The number of aliphatic hydroxyl groups excluding tert-OH is 1. The van der Waals surface area contributed by atoms with Gasteiger partial charge in [-0.2, -0.15) is 13.2 Å². The van der Waals surface area contributed by atoms with Gasteiger partial charge in [0.1, 0.15) is 5.82 Å². The minimum Gasteiger partial charge on any atom is -0.386 e. The second kappa shape index (κ2) is 10.3. The molecular weight excluding hydrogens is 458 g/mol. The molecule has 0 aromatic heterocycles. The van der Waals surface area contributed by atoms with Crippen LogP contribution >= 0.6 is 0 Å². The maximum absolute atomic E-state index is 13.4. The van der Waals surface area contributed by atoms with E-state index in [1.807, 2.05) is 42.5 Å². The summed E-state index contributed by atoms with van der Waals surface area (Å²) in [5.41, 5.74) is 0.922. The summed E-state index contributed by atoms with van der Waals surface area (Å²) < 4.78 is 52.1. The highest BCUT2D eigenvalue weighted by Crippen LogP contribution is 2.30. The molecule has 0 radical (unpaired) electrons. The number of aliphatic hydroxyl groups is 1. The maximum Gasteiger partial charge on any atom is 0.416 e. The third-order valence-electron chi connectivity index (χ3n) is 5.91. The molecule has 180 valence electrons. The molecule has 2 unspecified atom stereocenters. The van der Waals surface area contributed by atoms with Gasteiger partial charge in [-0.05, 0) is 58.1 Å². The Morgan fingerprint density at radius 2 is 1.51 bits per heavy atom. The molecule has 0 fully saturated rings. The molecule has 4 aromatic rings. The number of halogens is 4. The van der Waals surface area contributed by atoms with Crippen LogP contribution in [0.1, 0.15) is 28.4 Å². The van der Waals surface area contributed by atoms with Crippen LogP contribution in [0.2, 0.25) is 0 Å². The van der Waals surface area contributed by atoms with Gasteiger partial charge in [0.05, 0.1) is 24.1 Å². The van der Waals surface area contributed by atoms with Gasteiger partial charge in [0.25, 0.3) is 0 Å². The molecule has 7 heteroatoms. The van der Waals surface area contributed by atoms with Crippen LogP contribution in [-0.2, 0) is 23.8 Å². The average molecular weight is 481 g/mol. The molecule has 0 heterocycles. The van der Waals surface area contributed by atoms with Gasteiger partial charge in [0, 0.05) is 0 Å². The Morgan fingerprint density at radius 3 is 2.20 bits per heavy atom. The third-order valence-corrected chi connectivity index (χ3v) is 5.91. The van der Waals surface area contributed by atoms with Crippen LogP contribution in [0.3, 0.4) is 0 Å². The highest BCUT2D eigenvalue weighted by atomic mass is 19.4. The summed E-state index contributed by atoms with van der Waals surface area (Å²) in [6.07, 6.45) is -5.52. The number of alkyl halides is 3. The zero-order valence-corrected chi connectivity index (χ0v) is 18.6. The van der Waals surface area contributed by atoms with Crippen molar-refractivity contribution in [3.8, 4) is 0 Å². The van der Waals surface area contributed by atoms with E-state index in [1.165, 1.54) is 36.4 Å². The topological polar surface area (TPSA) is 49.3 Å². The molecule has 0 aliphatic heterocycles. The van der Waals surface area contributed by atoms with Gasteiger partial charge in [0.2, 0.25) is 5.91 Å². The lowest BCUT2D eigenvalue weighted by Gasteiger charge is -2.25. The van der Waals surface area contributed by atoms with E-state index in [-0.39, 0.29) is 18.7 Å². The Balaban J connectivity index is 1.56. The first-order valence-electron chi connectivity index (χ1n) is 11.1. The van der Waals surface area contributed by atoms with Crippen molar-refractivity contribution in [2.24, 2.45) is 0 Å². The highest BCUT2D eigenvalue weighted by Gasteiger charge is 2.30. The molecule has 0 bridgehead atoms. The molecule has 35 heavy (non-hydrogen) atoms. The highest BCUT2D eigenvalue weighted by molar-refractivity contribution is 5.90. The van der Waals surface area contributed by atoms with Gasteiger partial charge in [-0.3, -0.25) is 4.79 Å². The van der Waals surface area contributed by atoms with Crippen molar-refractivity contribution in [2.75, 3.05) is 0 Å². The van der Waals surface area contributed by atoms with E-state index in [9.17, 15) is 27.5 Å². The minimum atomic E-state index is -4.46. The number of nitrogens with one attached hydrogen (secondary N) is 1. The molecule has 3 nitrogen and oxygen atoms in total. The van der Waals surface area contributed by atoms with Crippen LogP contribution in [0.4, 0.5) is 17.6 Å². The average Bonchev–Trinajstić information content (AvgIpc) is 2.84. The largest absolute Gasteiger partial charge is 0.416 e. The molecule has 4 aromatic carbocycles. The molecular formula is C28H23F4NO2. The Kier molecular flexibility index (Phi) is 7.17. The van der Waals surface area contributed by atoms with Crippen molar-refractivity contribution >= 4 is 16.7 Å². The normalized spacial score (nSPS) is 13.4. The van der Waals surface area contributed by atoms with Crippen LogP contribution in [0, 0.1) is 5.82 Å². The minimum absolute atomic E-state index is 0.0566. The third kappa shape index (κ3) is 6.05. The fourth-order valence-corrected chi connectivity index (χ4v) is 4.10. The van der Waals surface area contributed by atoms with Gasteiger partial charge in [-0.15, -0.1) is 0 Å². The van der Waals surface area contributed by atoms with E-state index in [2.05, 4.69) is 5.32 Å². The van der Waals surface area contributed by atoms with Gasteiger partial charge in [-0.25, -0.2) is 4.39 Å². The maximum atomic E-state index is 13.4. The van der Waals surface area contributed by atoms with Gasteiger partial charge in [0.15, 0.2) is 0 Å². The molecule has 0 aliphatic rings. The molecule has 0 spiro atoms. The SMILES string of the molecule is O=C(Cc1cccc2ccccc12)NC(Cc1ccc(C(F)(F)F)cc1)C(O)c1ccc(F)cc1. The zero-order valence-electron chi connectivity index (χ0n) is 18.6. The van der Waals surface area contributed by atoms with E-state index in [0.717, 1.165) is 28.5 Å². The number of hydrogen-bond acceptors (Lipinski definition) is 2. The van der Waals surface area contributed by atoms with Crippen molar-refractivity contribution in [3.63, 3.8) is 0 Å². The van der Waals surface area contributed by atoms with Crippen molar-refractivity contribution in [1.82, 2.24) is 5.32 Å². The Bertz CT molecular complexity index is 1300. The lowest BCUT2D eigenvalue weighted by Crippen LogP contribution is -2.41. The van der Waals surface area contributed by atoms with E-state index in [4.69, 9.17) is 0 Å². The molecule has 4 rings (SSSR count). The molecule has 0 saturated heterocycles. The molecule has 2 atom stereocenters. The Morgan fingerprint density at radius 1 is 0.857 bits per heavy atom. The summed E-state index contributed by atoms with van der Waals surface area (Å²) in [5.74, 6) is -0.820. The summed E-state index contributed by atoms with van der Waals surface area (Å²) >= 11 is 0. The van der Waals surface area contributed by atoms with Crippen molar-refractivity contribution in [2.45, 2.75) is 31.2 Å². The van der Waals surface area contributed by atoms with Crippen molar-refractivity contribution < 1.29 is 27.5 Å². The summed E-state index contributed by atoms with van der Waals surface area (Å²) in [6, 6.07) is 22.3. The summed E-state index contributed by atoms with van der Waals surface area (Å²) in [5, 5.41) is 15.7. The number of rotatable bonds is 7. The second-order valence-corrected chi connectivity index (χ2v) is 8.38. The molecule has 2 N–H and O–H groups in total. The van der Waals surface area contributed by atoms with Crippen LogP contribution in [0.25, 0.3) is 10.8 Å². The van der Waals surface area contributed by atoms with Crippen molar-refractivity contribution in [3.05, 3.63) is 119 Å². The lowest BCUT2D eigenvalue weighted by atomic mass is 9.95. The van der Waals surface area contributed by atoms with E-state index in [0.29, 0.717) is 11.1 Å². The smallest absolute Gasteiger partial charge is 0.386 e. The van der Waals surface area contributed by atoms with Crippen LogP contribution in [-0.4, -0.2) is 17.1 Å². The monoisotopic (exact) mass is 481 g/mol. The number of carbonyl (C=O) groups is 1. The first kappa shape index (κ1) is 24.4.